The first-order valence-electron chi connectivity index (χ1n) is 8.97. The fraction of sp³-hybridized carbons (Fsp3) is 0.0435. The Balaban J connectivity index is 1.71. The van der Waals surface area contributed by atoms with E-state index in [0.29, 0.717) is 37.2 Å². The number of hydrogen-bond donors (Lipinski definition) is 0. The smallest absolute Gasteiger partial charge is 0.240 e. The van der Waals surface area contributed by atoms with Crippen LogP contribution in [0.2, 0.25) is 20.1 Å². The predicted octanol–water partition coefficient (Wildman–Crippen LogP) is 7.99. The molecule has 0 spiro atoms. The van der Waals surface area contributed by atoms with Crippen LogP contribution in [0.3, 0.4) is 0 Å². The molecule has 0 aliphatic rings. The monoisotopic (exact) mass is 474 g/mol. The Labute approximate surface area is 193 Å². The molecule has 0 aliphatic heterocycles. The third kappa shape index (κ3) is 4.71. The molecular weight excluding hydrogens is 462 g/mol. The molecule has 4 aromatic rings. The van der Waals surface area contributed by atoms with E-state index in [0.717, 1.165) is 16.6 Å². The van der Waals surface area contributed by atoms with E-state index in [1.54, 1.807) is 36.4 Å². The highest BCUT2D eigenvalue weighted by Gasteiger charge is 2.12. The Morgan fingerprint density at radius 2 is 1.43 bits per heavy atom. The summed E-state index contributed by atoms with van der Waals surface area (Å²) in [5, 5.41) is 2.17. The van der Waals surface area contributed by atoms with E-state index < -0.39 is 0 Å². The summed E-state index contributed by atoms with van der Waals surface area (Å²) in [5.41, 5.74) is 3.52. The molecule has 7 heteroatoms. The van der Waals surface area contributed by atoms with Crippen LogP contribution >= 0.6 is 46.4 Å². The van der Waals surface area contributed by atoms with Gasteiger partial charge in [0.05, 0.1) is 11.0 Å². The molecule has 0 saturated heterocycles. The van der Waals surface area contributed by atoms with Crippen molar-refractivity contribution in [2.75, 3.05) is 0 Å². The third-order valence-corrected chi connectivity index (χ3v) is 5.63. The number of halogens is 4. The minimum absolute atomic E-state index is 0.161. The van der Waals surface area contributed by atoms with E-state index in [2.05, 4.69) is 9.97 Å². The standard InChI is InChI=1S/C23H14Cl4N2O/c24-15-10-8-14(19(27)12-15)9-11-22-23(29-21-7-2-1-6-20(21)28-22)30-13-16-17(25)4-3-5-18(16)26/h1-12H,13H2/b11-9+. The van der Waals surface area contributed by atoms with Crippen LogP contribution in [0.25, 0.3) is 23.2 Å². The summed E-state index contributed by atoms with van der Waals surface area (Å²) in [4.78, 5) is 9.31. The van der Waals surface area contributed by atoms with Crippen molar-refractivity contribution in [2.45, 2.75) is 6.61 Å². The van der Waals surface area contributed by atoms with Gasteiger partial charge in [-0.2, -0.15) is 0 Å². The van der Waals surface area contributed by atoms with Crippen molar-refractivity contribution in [1.29, 1.82) is 0 Å². The Bertz CT molecular complexity index is 1240. The normalized spacial score (nSPS) is 11.3. The van der Waals surface area contributed by atoms with Crippen LogP contribution in [0, 0.1) is 0 Å². The second kappa shape index (κ2) is 9.23. The summed E-state index contributed by atoms with van der Waals surface area (Å²) in [6.45, 7) is 0.161. The second-order valence-corrected chi connectivity index (χ2v) is 8.05. The van der Waals surface area contributed by atoms with E-state index in [1.807, 2.05) is 36.4 Å². The van der Waals surface area contributed by atoms with Crippen LogP contribution in [0.15, 0.2) is 60.7 Å². The van der Waals surface area contributed by atoms with Gasteiger partial charge in [0.15, 0.2) is 0 Å². The highest BCUT2D eigenvalue weighted by Crippen LogP contribution is 2.28. The molecule has 3 aromatic carbocycles. The van der Waals surface area contributed by atoms with E-state index >= 15 is 0 Å². The summed E-state index contributed by atoms with van der Waals surface area (Å²) in [7, 11) is 0. The molecule has 0 atom stereocenters. The van der Waals surface area contributed by atoms with E-state index in [4.69, 9.17) is 51.1 Å². The van der Waals surface area contributed by atoms with Gasteiger partial charge in [-0.25, -0.2) is 9.97 Å². The molecule has 150 valence electrons. The Morgan fingerprint density at radius 3 is 2.13 bits per heavy atom. The van der Waals surface area contributed by atoms with Gasteiger partial charge in [0.2, 0.25) is 5.88 Å². The largest absolute Gasteiger partial charge is 0.471 e. The zero-order chi connectivity index (χ0) is 21.1. The van der Waals surface area contributed by atoms with Crippen molar-refractivity contribution >= 4 is 69.6 Å². The minimum Gasteiger partial charge on any atom is -0.471 e. The van der Waals surface area contributed by atoms with Gasteiger partial charge in [-0.15, -0.1) is 0 Å². The van der Waals surface area contributed by atoms with Crippen LogP contribution < -0.4 is 4.74 Å². The molecule has 0 radical (unpaired) electrons. The fourth-order valence-corrected chi connectivity index (χ4v) is 3.81. The SMILES string of the molecule is Clc1ccc(/C=C/c2nc3ccccc3nc2OCc2c(Cl)cccc2Cl)c(Cl)c1. The van der Waals surface area contributed by atoms with Crippen molar-refractivity contribution in [2.24, 2.45) is 0 Å². The molecule has 1 aromatic heterocycles. The molecule has 0 N–H and O–H groups in total. The molecule has 4 rings (SSSR count). The zero-order valence-electron chi connectivity index (χ0n) is 15.4. The second-order valence-electron chi connectivity index (χ2n) is 6.39. The molecule has 1 heterocycles. The zero-order valence-corrected chi connectivity index (χ0v) is 18.5. The van der Waals surface area contributed by atoms with E-state index in [9.17, 15) is 0 Å². The molecule has 0 amide bonds. The van der Waals surface area contributed by atoms with E-state index in [-0.39, 0.29) is 6.61 Å². The minimum atomic E-state index is 0.161. The molecule has 30 heavy (non-hydrogen) atoms. The van der Waals surface area contributed by atoms with Crippen LogP contribution in [-0.4, -0.2) is 9.97 Å². The Morgan fingerprint density at radius 1 is 0.733 bits per heavy atom. The van der Waals surface area contributed by atoms with Crippen molar-refractivity contribution in [3.8, 4) is 5.88 Å². The van der Waals surface area contributed by atoms with Crippen molar-refractivity contribution in [3.63, 3.8) is 0 Å². The maximum Gasteiger partial charge on any atom is 0.240 e. The van der Waals surface area contributed by atoms with Crippen molar-refractivity contribution in [3.05, 3.63) is 97.6 Å². The van der Waals surface area contributed by atoms with Gasteiger partial charge in [0.1, 0.15) is 12.3 Å². The Kier molecular flexibility index (Phi) is 6.45. The highest BCUT2D eigenvalue weighted by molar-refractivity contribution is 6.36. The van der Waals surface area contributed by atoms with Gasteiger partial charge in [-0.3, -0.25) is 0 Å². The first kappa shape index (κ1) is 21.0. The number of rotatable bonds is 5. The van der Waals surface area contributed by atoms with Crippen LogP contribution in [0.5, 0.6) is 5.88 Å². The topological polar surface area (TPSA) is 35.0 Å². The lowest BCUT2D eigenvalue weighted by Gasteiger charge is -2.11. The summed E-state index contributed by atoms with van der Waals surface area (Å²) in [6.07, 6.45) is 3.64. The molecular formula is C23H14Cl4N2O. The molecule has 0 saturated carbocycles. The number of hydrogen-bond acceptors (Lipinski definition) is 3. The van der Waals surface area contributed by atoms with Gasteiger partial charge < -0.3 is 4.74 Å². The predicted molar refractivity (Wildman–Crippen MR) is 126 cm³/mol. The van der Waals surface area contributed by atoms with Crippen LogP contribution in [0.4, 0.5) is 0 Å². The number of nitrogens with zero attached hydrogens (tertiary/aromatic N) is 2. The average Bonchev–Trinajstić information content (AvgIpc) is 2.72. The lowest BCUT2D eigenvalue weighted by molar-refractivity contribution is 0.293. The number of fused-ring (bicyclic) bond motifs is 1. The van der Waals surface area contributed by atoms with Crippen molar-refractivity contribution < 1.29 is 4.74 Å². The summed E-state index contributed by atoms with van der Waals surface area (Å²) < 4.78 is 5.98. The maximum absolute atomic E-state index is 6.27. The quantitative estimate of drug-likeness (QED) is 0.293. The van der Waals surface area contributed by atoms with Gasteiger partial charge in [0, 0.05) is 25.7 Å². The highest BCUT2D eigenvalue weighted by atomic mass is 35.5. The molecule has 0 bridgehead atoms. The van der Waals surface area contributed by atoms with Gasteiger partial charge in [-0.1, -0.05) is 76.7 Å². The molecule has 0 aliphatic carbocycles. The summed E-state index contributed by atoms with van der Waals surface area (Å²) in [5.74, 6) is 0.367. The lowest BCUT2D eigenvalue weighted by atomic mass is 10.2. The average molecular weight is 476 g/mol. The molecule has 0 fully saturated rings. The fourth-order valence-electron chi connectivity index (χ4n) is 2.83. The Hall–Kier alpha value is -2.30. The van der Waals surface area contributed by atoms with Gasteiger partial charge >= 0.3 is 0 Å². The number of benzene rings is 3. The number of para-hydroxylation sites is 2. The number of ether oxygens (including phenoxy) is 1. The summed E-state index contributed by atoms with van der Waals surface area (Å²) >= 11 is 24.8. The molecule has 3 nitrogen and oxygen atoms in total. The first-order chi connectivity index (χ1) is 14.5. The first-order valence-corrected chi connectivity index (χ1v) is 10.5. The van der Waals surface area contributed by atoms with Crippen molar-refractivity contribution in [1.82, 2.24) is 9.97 Å². The van der Waals surface area contributed by atoms with Gasteiger partial charge in [0.25, 0.3) is 0 Å². The van der Waals surface area contributed by atoms with Crippen LogP contribution in [0.1, 0.15) is 16.8 Å². The number of aromatic nitrogens is 2. The lowest BCUT2D eigenvalue weighted by Crippen LogP contribution is -2.02. The van der Waals surface area contributed by atoms with E-state index in [1.165, 1.54) is 0 Å². The summed E-state index contributed by atoms with van der Waals surface area (Å²) in [6, 6.07) is 18.2. The maximum atomic E-state index is 6.27. The third-order valence-electron chi connectivity index (χ3n) is 4.36. The van der Waals surface area contributed by atoms with Gasteiger partial charge in [-0.05, 0) is 48.0 Å². The van der Waals surface area contributed by atoms with Crippen LogP contribution in [-0.2, 0) is 6.61 Å². The molecule has 0 unspecified atom stereocenters.